The SMILES string of the molecule is [2H]c1c([2H])c(-c2ccccc2)c([2H])c([2H])c1N. The Morgan fingerprint density at radius 1 is 0.846 bits per heavy atom. The lowest BCUT2D eigenvalue weighted by Crippen LogP contribution is -1.83. The third kappa shape index (κ3) is 1.70. The molecule has 0 bridgehead atoms. The maximum absolute atomic E-state index is 7.84. The lowest BCUT2D eigenvalue weighted by molar-refractivity contribution is 1.61. The van der Waals surface area contributed by atoms with Crippen molar-refractivity contribution in [3.05, 3.63) is 54.5 Å². The molecule has 0 aliphatic heterocycles. The zero-order valence-corrected chi connectivity index (χ0v) is 6.96. The van der Waals surface area contributed by atoms with Crippen LogP contribution in [0.25, 0.3) is 11.1 Å². The van der Waals surface area contributed by atoms with Gasteiger partial charge in [0.1, 0.15) is 0 Å². The quantitative estimate of drug-likeness (QED) is 0.659. The second-order valence-electron chi connectivity index (χ2n) is 2.65. The van der Waals surface area contributed by atoms with Crippen molar-refractivity contribution in [2.75, 3.05) is 5.73 Å². The molecule has 2 N–H and O–H groups in total. The molecule has 0 radical (unpaired) electrons. The van der Waals surface area contributed by atoms with Gasteiger partial charge in [-0.15, -0.1) is 0 Å². The summed E-state index contributed by atoms with van der Waals surface area (Å²) in [5.74, 6) is 0. The summed E-state index contributed by atoms with van der Waals surface area (Å²) < 4.78 is 31.0. The second kappa shape index (κ2) is 3.31. The molecule has 0 amide bonds. The molecule has 0 fully saturated rings. The minimum atomic E-state index is -0.190. The highest BCUT2D eigenvalue weighted by atomic mass is 14.5. The Bertz CT molecular complexity index is 537. The molecule has 13 heavy (non-hydrogen) atoms. The van der Waals surface area contributed by atoms with Crippen LogP contribution in [-0.4, -0.2) is 0 Å². The number of hydrogen-bond donors (Lipinski definition) is 1. The number of rotatable bonds is 1. The highest BCUT2D eigenvalue weighted by Gasteiger charge is 1.94. The molecule has 2 aromatic carbocycles. The van der Waals surface area contributed by atoms with Crippen LogP contribution in [0.4, 0.5) is 5.69 Å². The molecule has 0 spiro atoms. The number of benzene rings is 2. The van der Waals surface area contributed by atoms with E-state index in [4.69, 9.17) is 11.2 Å². The van der Waals surface area contributed by atoms with Gasteiger partial charge >= 0.3 is 0 Å². The Morgan fingerprint density at radius 3 is 2.08 bits per heavy atom. The topological polar surface area (TPSA) is 26.0 Å². The van der Waals surface area contributed by atoms with Gasteiger partial charge in [0, 0.05) is 5.69 Å². The molecule has 0 aliphatic rings. The van der Waals surface area contributed by atoms with Gasteiger partial charge < -0.3 is 5.73 Å². The zero-order chi connectivity index (χ0) is 12.6. The van der Waals surface area contributed by atoms with Gasteiger partial charge in [0.2, 0.25) is 0 Å². The van der Waals surface area contributed by atoms with E-state index in [9.17, 15) is 0 Å². The van der Waals surface area contributed by atoms with Crippen molar-refractivity contribution >= 4 is 5.69 Å². The van der Waals surface area contributed by atoms with Crippen LogP contribution in [0.3, 0.4) is 0 Å². The predicted octanol–water partition coefficient (Wildman–Crippen LogP) is 2.94. The molecule has 2 rings (SSSR count). The van der Waals surface area contributed by atoms with Gasteiger partial charge in [0.15, 0.2) is 0 Å². The van der Waals surface area contributed by atoms with Crippen molar-refractivity contribution in [3.63, 3.8) is 0 Å². The molecule has 0 aromatic heterocycles. The van der Waals surface area contributed by atoms with Crippen molar-refractivity contribution < 1.29 is 5.48 Å². The van der Waals surface area contributed by atoms with Crippen LogP contribution in [0, 0.1) is 0 Å². The van der Waals surface area contributed by atoms with Crippen LogP contribution in [0.5, 0.6) is 0 Å². The molecule has 0 unspecified atom stereocenters. The van der Waals surface area contributed by atoms with E-state index in [1.807, 2.05) is 6.07 Å². The van der Waals surface area contributed by atoms with E-state index in [1.165, 1.54) is 0 Å². The van der Waals surface area contributed by atoms with Crippen LogP contribution in [0.15, 0.2) is 54.5 Å². The summed E-state index contributed by atoms with van der Waals surface area (Å²) in [5, 5.41) is 0. The van der Waals surface area contributed by atoms with Crippen molar-refractivity contribution in [1.82, 2.24) is 0 Å². The van der Waals surface area contributed by atoms with Crippen molar-refractivity contribution in [3.8, 4) is 11.1 Å². The fourth-order valence-electron chi connectivity index (χ4n) is 1.07. The molecule has 0 saturated carbocycles. The fourth-order valence-corrected chi connectivity index (χ4v) is 1.07. The van der Waals surface area contributed by atoms with E-state index < -0.39 is 0 Å². The van der Waals surface area contributed by atoms with Crippen molar-refractivity contribution in [1.29, 1.82) is 0 Å². The number of hydrogen-bond acceptors (Lipinski definition) is 1. The average molecular weight is 173 g/mol. The monoisotopic (exact) mass is 173 g/mol. The highest BCUT2D eigenvalue weighted by molar-refractivity contribution is 5.65. The average Bonchev–Trinajstić information content (AvgIpc) is 2.36. The third-order valence-corrected chi connectivity index (χ3v) is 1.71. The van der Waals surface area contributed by atoms with E-state index in [1.54, 1.807) is 24.3 Å². The minimum absolute atomic E-state index is 0.102. The van der Waals surface area contributed by atoms with E-state index in [0.717, 1.165) is 0 Å². The molecule has 0 saturated heterocycles. The largest absolute Gasteiger partial charge is 0.399 e. The summed E-state index contributed by atoms with van der Waals surface area (Å²) in [4.78, 5) is 0. The lowest BCUT2D eigenvalue weighted by atomic mass is 10.1. The van der Waals surface area contributed by atoms with E-state index >= 15 is 0 Å². The molecule has 1 nitrogen and oxygen atoms in total. The summed E-state index contributed by atoms with van der Waals surface area (Å²) in [7, 11) is 0. The second-order valence-corrected chi connectivity index (χ2v) is 2.65. The summed E-state index contributed by atoms with van der Waals surface area (Å²) in [5.41, 5.74) is 6.35. The highest BCUT2D eigenvalue weighted by Crippen LogP contribution is 2.19. The van der Waals surface area contributed by atoms with Crippen molar-refractivity contribution in [2.24, 2.45) is 0 Å². The molecular formula is C12H11N. The first-order chi connectivity index (χ1) is 8.04. The fraction of sp³-hybridized carbons (Fsp3) is 0. The first-order valence-corrected chi connectivity index (χ1v) is 3.95. The molecule has 0 aliphatic carbocycles. The summed E-state index contributed by atoms with van der Waals surface area (Å²) in [6.07, 6.45) is 0. The van der Waals surface area contributed by atoms with Gasteiger partial charge in [-0.2, -0.15) is 0 Å². The molecular weight excluding hydrogens is 158 g/mol. The van der Waals surface area contributed by atoms with Gasteiger partial charge in [-0.3, -0.25) is 0 Å². The molecule has 1 heteroatoms. The van der Waals surface area contributed by atoms with Gasteiger partial charge in [-0.1, -0.05) is 42.4 Å². The first-order valence-electron chi connectivity index (χ1n) is 5.95. The molecule has 0 atom stereocenters. The Morgan fingerprint density at radius 2 is 1.46 bits per heavy atom. The van der Waals surface area contributed by atoms with E-state index in [2.05, 4.69) is 0 Å². The van der Waals surface area contributed by atoms with Crippen molar-refractivity contribution in [2.45, 2.75) is 0 Å². The number of nitrogen functional groups attached to an aromatic ring is 1. The molecule has 0 heterocycles. The summed E-state index contributed by atoms with van der Waals surface area (Å²) in [6.45, 7) is 0. The van der Waals surface area contributed by atoms with Crippen LogP contribution in [-0.2, 0) is 0 Å². The molecule has 64 valence electrons. The van der Waals surface area contributed by atoms with E-state index in [0.29, 0.717) is 5.56 Å². The number of anilines is 1. The smallest absolute Gasteiger partial charge is 0.0645 e. The Hall–Kier alpha value is -1.76. The summed E-state index contributed by atoms with van der Waals surface area (Å²) >= 11 is 0. The Balaban J connectivity index is 2.80. The summed E-state index contributed by atoms with van der Waals surface area (Å²) in [6, 6.07) is 8.33. The van der Waals surface area contributed by atoms with E-state index in [-0.39, 0.29) is 35.4 Å². The van der Waals surface area contributed by atoms with Gasteiger partial charge in [0.25, 0.3) is 0 Å². The Kier molecular flexibility index (Phi) is 1.14. The van der Waals surface area contributed by atoms with Crippen LogP contribution >= 0.6 is 0 Å². The standard InChI is InChI=1S/C12H11N/c13-12-8-6-11(7-9-12)10-4-2-1-3-5-10/h1-9H,13H2/i6D,7D,8D,9D. The number of nitrogens with two attached hydrogens (primary N) is 1. The maximum Gasteiger partial charge on any atom is 0.0645 e. The normalized spacial score (nSPS) is 14.2. The third-order valence-electron chi connectivity index (χ3n) is 1.71. The van der Waals surface area contributed by atoms with Crippen LogP contribution in [0.1, 0.15) is 5.48 Å². The first kappa shape index (κ1) is 4.47. The predicted molar refractivity (Wildman–Crippen MR) is 56.3 cm³/mol. The maximum atomic E-state index is 7.84. The zero-order valence-electron chi connectivity index (χ0n) is 11.0. The Labute approximate surface area is 83.4 Å². The van der Waals surface area contributed by atoms with Gasteiger partial charge in [-0.25, -0.2) is 0 Å². The van der Waals surface area contributed by atoms with Gasteiger partial charge in [0.05, 0.1) is 5.48 Å². The van der Waals surface area contributed by atoms with Gasteiger partial charge in [-0.05, 0) is 23.2 Å². The van der Waals surface area contributed by atoms with Crippen LogP contribution in [0.2, 0.25) is 0 Å². The lowest BCUT2D eigenvalue weighted by Gasteiger charge is -2.00. The molecule has 2 aromatic rings. The van der Waals surface area contributed by atoms with Crippen LogP contribution < -0.4 is 5.73 Å². The minimum Gasteiger partial charge on any atom is -0.399 e.